The molecule has 0 aromatic heterocycles. The number of esters is 1. The predicted molar refractivity (Wildman–Crippen MR) is 135 cm³/mol. The number of anilines is 1. The fourth-order valence-electron chi connectivity index (χ4n) is 5.96. The van der Waals surface area contributed by atoms with E-state index in [-0.39, 0.29) is 12.7 Å². The maximum atomic E-state index is 14.0. The third-order valence-corrected chi connectivity index (χ3v) is 7.87. The van der Waals surface area contributed by atoms with Gasteiger partial charge in [-0.25, -0.2) is 4.90 Å². The van der Waals surface area contributed by atoms with Crippen LogP contribution in [0.25, 0.3) is 5.57 Å². The molecule has 1 fully saturated rings. The summed E-state index contributed by atoms with van der Waals surface area (Å²) in [4.78, 5) is 42.5. The molecule has 7 rings (SSSR count). The lowest BCUT2D eigenvalue weighted by molar-refractivity contribution is -0.142. The number of carbonyl (C=O) groups excluding carboxylic acids is 3. The molecule has 1 saturated heterocycles. The third kappa shape index (κ3) is 3.23. The molecule has 2 amide bonds. The van der Waals surface area contributed by atoms with E-state index in [1.807, 2.05) is 49.4 Å². The molecule has 1 aliphatic carbocycles. The highest BCUT2D eigenvalue weighted by Gasteiger charge is 2.60. The number of hydrogen-bond acceptors (Lipinski definition) is 6. The fraction of sp³-hybridized carbons (Fsp3) is 0.207. The van der Waals surface area contributed by atoms with Gasteiger partial charge in [0.15, 0.2) is 11.5 Å². The lowest BCUT2D eigenvalue weighted by Gasteiger charge is -2.38. The van der Waals surface area contributed by atoms with Crippen molar-refractivity contribution in [1.82, 2.24) is 0 Å². The first-order valence-electron chi connectivity index (χ1n) is 12.0. The Morgan fingerprint density at radius 2 is 1.59 bits per heavy atom. The lowest BCUT2D eigenvalue weighted by Crippen LogP contribution is -2.42. The van der Waals surface area contributed by atoms with Crippen molar-refractivity contribution < 1.29 is 28.6 Å². The standard InChI is InChI=1S/C29H20ClNO6/c1-14-2-8-18-20-12-19(15-3-9-21-23(11-15)36-13-35-21)24-26(25(20)29(34)37-22(18)10-14)28(33)31(27(24)32)17-6-4-16(30)5-7-17/h2-12,19,24-26H,13H2,1H3/t19-,24+,25-,26+/m1/s1. The van der Waals surface area contributed by atoms with Crippen LogP contribution >= 0.6 is 11.6 Å². The zero-order chi connectivity index (χ0) is 25.4. The number of imide groups is 1. The van der Waals surface area contributed by atoms with Gasteiger partial charge in [-0.05, 0) is 66.1 Å². The van der Waals surface area contributed by atoms with Crippen molar-refractivity contribution in [3.8, 4) is 17.2 Å². The highest BCUT2D eigenvalue weighted by atomic mass is 35.5. The van der Waals surface area contributed by atoms with Gasteiger partial charge in [0, 0.05) is 16.5 Å². The highest BCUT2D eigenvalue weighted by Crippen LogP contribution is 2.55. The summed E-state index contributed by atoms with van der Waals surface area (Å²) in [6.45, 7) is 2.04. The average molecular weight is 514 g/mol. The zero-order valence-corrected chi connectivity index (χ0v) is 20.4. The number of halogens is 1. The van der Waals surface area contributed by atoms with E-state index in [4.69, 9.17) is 25.8 Å². The maximum absolute atomic E-state index is 14.0. The molecular weight excluding hydrogens is 494 g/mol. The Balaban J connectivity index is 1.42. The van der Waals surface area contributed by atoms with Gasteiger partial charge in [-0.1, -0.05) is 35.9 Å². The minimum absolute atomic E-state index is 0.124. The Labute approximate surface area is 217 Å². The summed E-state index contributed by atoms with van der Waals surface area (Å²) in [5.41, 5.74) is 3.63. The first kappa shape index (κ1) is 22.1. The predicted octanol–water partition coefficient (Wildman–Crippen LogP) is 4.90. The normalized spacial score (nSPS) is 25.3. The number of allylic oxidation sites excluding steroid dienone is 1. The van der Waals surface area contributed by atoms with E-state index >= 15 is 0 Å². The summed E-state index contributed by atoms with van der Waals surface area (Å²) in [7, 11) is 0. The molecule has 0 unspecified atom stereocenters. The smallest absolute Gasteiger partial charge is 0.319 e. The van der Waals surface area contributed by atoms with E-state index < -0.39 is 35.5 Å². The van der Waals surface area contributed by atoms with Gasteiger partial charge in [0.25, 0.3) is 0 Å². The van der Waals surface area contributed by atoms with E-state index in [1.54, 1.807) is 24.3 Å². The van der Waals surface area contributed by atoms with Crippen molar-refractivity contribution in [2.24, 2.45) is 17.8 Å². The SMILES string of the molecule is Cc1ccc2c(c1)OC(=O)[C@@H]1C2=C[C@H](c2ccc3c(c2)OCO3)[C@@H]2C(=O)N(c3ccc(Cl)cc3)C(=O)[C@H]12. The summed E-state index contributed by atoms with van der Waals surface area (Å²) in [6, 6.07) is 17.7. The highest BCUT2D eigenvalue weighted by molar-refractivity contribution is 6.31. The summed E-state index contributed by atoms with van der Waals surface area (Å²) in [5, 5.41) is 0.491. The van der Waals surface area contributed by atoms with Crippen LogP contribution in [-0.4, -0.2) is 24.6 Å². The number of amides is 2. The van der Waals surface area contributed by atoms with Crippen LogP contribution in [0.5, 0.6) is 17.2 Å². The maximum Gasteiger partial charge on any atom is 0.319 e. The molecule has 0 bridgehead atoms. The van der Waals surface area contributed by atoms with Crippen molar-refractivity contribution in [2.45, 2.75) is 12.8 Å². The van der Waals surface area contributed by atoms with Crippen LogP contribution in [0.1, 0.15) is 22.6 Å². The van der Waals surface area contributed by atoms with Gasteiger partial charge in [-0.15, -0.1) is 0 Å². The Kier molecular flexibility index (Phi) is 4.75. The largest absolute Gasteiger partial charge is 0.454 e. The molecule has 3 aromatic rings. The second kappa shape index (κ2) is 7.95. The molecule has 4 atom stereocenters. The second-order valence-corrected chi connectivity index (χ2v) is 10.1. The molecular formula is C29H20ClNO6. The number of aryl methyl sites for hydroxylation is 1. The Hall–Kier alpha value is -4.10. The third-order valence-electron chi connectivity index (χ3n) is 7.62. The molecule has 3 aliphatic heterocycles. The van der Waals surface area contributed by atoms with Gasteiger partial charge < -0.3 is 14.2 Å². The molecule has 0 spiro atoms. The number of ether oxygens (including phenoxy) is 3. The van der Waals surface area contributed by atoms with Crippen molar-refractivity contribution in [3.63, 3.8) is 0 Å². The minimum Gasteiger partial charge on any atom is -0.454 e. The van der Waals surface area contributed by atoms with Gasteiger partial charge in [-0.3, -0.25) is 14.4 Å². The lowest BCUT2D eigenvalue weighted by atomic mass is 9.64. The van der Waals surface area contributed by atoms with Gasteiger partial charge in [-0.2, -0.15) is 0 Å². The van der Waals surface area contributed by atoms with Crippen molar-refractivity contribution in [2.75, 3.05) is 11.7 Å². The molecule has 37 heavy (non-hydrogen) atoms. The minimum atomic E-state index is -0.916. The van der Waals surface area contributed by atoms with E-state index in [1.165, 1.54) is 4.90 Å². The number of fused-ring (bicyclic) bond motifs is 6. The summed E-state index contributed by atoms with van der Waals surface area (Å²) >= 11 is 6.05. The monoisotopic (exact) mass is 513 g/mol. The van der Waals surface area contributed by atoms with E-state index in [0.29, 0.717) is 33.5 Å². The molecule has 0 N–H and O–H groups in total. The van der Waals surface area contributed by atoms with Gasteiger partial charge in [0.05, 0.1) is 23.4 Å². The van der Waals surface area contributed by atoms with Crippen LogP contribution in [0.15, 0.2) is 66.7 Å². The second-order valence-electron chi connectivity index (χ2n) is 9.70. The Bertz CT molecular complexity index is 1540. The number of hydrogen-bond donors (Lipinski definition) is 0. The number of benzene rings is 3. The van der Waals surface area contributed by atoms with Crippen LogP contribution in [-0.2, 0) is 14.4 Å². The first-order valence-corrected chi connectivity index (χ1v) is 12.4. The number of carbonyl (C=O) groups is 3. The summed E-state index contributed by atoms with van der Waals surface area (Å²) in [5.74, 6) is -2.72. The Morgan fingerprint density at radius 3 is 2.41 bits per heavy atom. The fourth-order valence-corrected chi connectivity index (χ4v) is 6.08. The van der Waals surface area contributed by atoms with Crippen LogP contribution in [0.3, 0.4) is 0 Å². The molecule has 7 nitrogen and oxygen atoms in total. The quantitative estimate of drug-likeness (QED) is 0.275. The van der Waals surface area contributed by atoms with Crippen LogP contribution < -0.4 is 19.1 Å². The number of rotatable bonds is 2. The van der Waals surface area contributed by atoms with Crippen molar-refractivity contribution in [1.29, 1.82) is 0 Å². The van der Waals surface area contributed by atoms with Crippen LogP contribution in [0, 0.1) is 24.7 Å². The Morgan fingerprint density at radius 1 is 0.838 bits per heavy atom. The van der Waals surface area contributed by atoms with E-state index in [2.05, 4.69) is 0 Å². The van der Waals surface area contributed by atoms with Crippen molar-refractivity contribution >= 4 is 40.6 Å². The number of nitrogens with zero attached hydrogens (tertiary/aromatic N) is 1. The van der Waals surface area contributed by atoms with Gasteiger partial charge in [0.1, 0.15) is 5.75 Å². The summed E-state index contributed by atoms with van der Waals surface area (Å²) in [6.07, 6.45) is 1.95. The zero-order valence-electron chi connectivity index (χ0n) is 19.6. The molecule has 184 valence electrons. The molecule has 3 heterocycles. The topological polar surface area (TPSA) is 82.1 Å². The van der Waals surface area contributed by atoms with Gasteiger partial charge in [0.2, 0.25) is 18.6 Å². The molecule has 3 aromatic carbocycles. The molecule has 8 heteroatoms. The first-order chi connectivity index (χ1) is 17.9. The summed E-state index contributed by atoms with van der Waals surface area (Å²) < 4.78 is 16.8. The average Bonchev–Trinajstić information content (AvgIpc) is 3.46. The molecule has 0 radical (unpaired) electrons. The van der Waals surface area contributed by atoms with Crippen molar-refractivity contribution in [3.05, 3.63) is 88.5 Å². The molecule has 4 aliphatic rings. The van der Waals surface area contributed by atoms with Crippen LogP contribution in [0.4, 0.5) is 5.69 Å². The van der Waals surface area contributed by atoms with E-state index in [0.717, 1.165) is 16.7 Å². The van der Waals surface area contributed by atoms with Gasteiger partial charge >= 0.3 is 5.97 Å². The van der Waals surface area contributed by atoms with E-state index in [9.17, 15) is 14.4 Å². The van der Waals surface area contributed by atoms with Crippen LogP contribution in [0.2, 0.25) is 5.02 Å². The molecule has 0 saturated carbocycles.